The molecular formula is C27H23ClN4O5. The average Bonchev–Trinajstić information content (AvgIpc) is 3.33. The monoisotopic (exact) mass is 518 g/mol. The first-order valence-corrected chi connectivity index (χ1v) is 11.9. The Morgan fingerprint density at radius 2 is 1.73 bits per heavy atom. The first kappa shape index (κ1) is 24.3. The van der Waals surface area contributed by atoms with E-state index in [-0.39, 0.29) is 19.9 Å². The van der Waals surface area contributed by atoms with Crippen molar-refractivity contribution < 1.29 is 14.3 Å². The van der Waals surface area contributed by atoms with Crippen LogP contribution in [0.5, 0.6) is 11.5 Å². The zero-order chi connectivity index (χ0) is 26.1. The van der Waals surface area contributed by atoms with Crippen molar-refractivity contribution in [2.75, 3.05) is 6.79 Å². The number of rotatable bonds is 6. The van der Waals surface area contributed by atoms with Crippen LogP contribution in [0.15, 0.2) is 70.3 Å². The van der Waals surface area contributed by atoms with Crippen LogP contribution in [0.4, 0.5) is 0 Å². The van der Waals surface area contributed by atoms with Gasteiger partial charge in [0.25, 0.3) is 11.5 Å². The van der Waals surface area contributed by atoms with Gasteiger partial charge in [0, 0.05) is 11.6 Å². The molecule has 0 saturated heterocycles. The average molecular weight is 519 g/mol. The topological polar surface area (TPSA) is 104 Å². The maximum absolute atomic E-state index is 13.4. The Bertz CT molecular complexity index is 1620. The summed E-state index contributed by atoms with van der Waals surface area (Å²) >= 11 is 6.11. The van der Waals surface area contributed by atoms with Gasteiger partial charge in [-0.1, -0.05) is 35.9 Å². The van der Waals surface area contributed by atoms with E-state index in [1.54, 1.807) is 54.6 Å². The molecule has 4 aromatic rings. The Labute approximate surface area is 216 Å². The first-order valence-electron chi connectivity index (χ1n) is 11.5. The first-order chi connectivity index (χ1) is 17.8. The summed E-state index contributed by atoms with van der Waals surface area (Å²) in [5, 5.41) is 7.39. The van der Waals surface area contributed by atoms with Crippen LogP contribution in [0, 0.1) is 13.8 Å². The summed E-state index contributed by atoms with van der Waals surface area (Å²) in [4.78, 5) is 40.0. The summed E-state index contributed by atoms with van der Waals surface area (Å²) in [5.74, 6) is 0.499. The van der Waals surface area contributed by atoms with E-state index in [0.717, 1.165) is 25.9 Å². The zero-order valence-corrected chi connectivity index (χ0v) is 20.9. The van der Waals surface area contributed by atoms with E-state index in [9.17, 15) is 14.4 Å². The van der Waals surface area contributed by atoms with Crippen LogP contribution in [0.3, 0.4) is 0 Å². The van der Waals surface area contributed by atoms with E-state index in [0.29, 0.717) is 27.8 Å². The Morgan fingerprint density at radius 3 is 2.49 bits per heavy atom. The summed E-state index contributed by atoms with van der Waals surface area (Å²) in [6.45, 7) is 3.97. The van der Waals surface area contributed by atoms with Crippen LogP contribution in [0.1, 0.15) is 32.7 Å². The molecule has 0 unspecified atom stereocenters. The van der Waals surface area contributed by atoms with E-state index in [1.807, 2.05) is 19.9 Å². The molecule has 1 amide bonds. The molecule has 0 atom stereocenters. The lowest BCUT2D eigenvalue weighted by Crippen LogP contribution is -2.46. The number of carbonyl (C=O) groups excluding carboxylic acids is 1. The second-order valence-electron chi connectivity index (χ2n) is 8.78. The summed E-state index contributed by atoms with van der Waals surface area (Å²) in [7, 11) is 0. The van der Waals surface area contributed by atoms with Crippen molar-refractivity contribution in [1.82, 2.24) is 19.7 Å². The lowest BCUT2D eigenvalue weighted by Gasteiger charge is -2.13. The molecule has 2 heterocycles. The normalized spacial score (nSPS) is 12.0. The third-order valence-electron chi connectivity index (χ3n) is 5.85. The second-order valence-corrected chi connectivity index (χ2v) is 9.22. The van der Waals surface area contributed by atoms with Gasteiger partial charge >= 0.3 is 5.69 Å². The Hall–Kier alpha value is -4.37. The van der Waals surface area contributed by atoms with Crippen molar-refractivity contribution in [3.05, 3.63) is 114 Å². The lowest BCUT2D eigenvalue weighted by atomic mass is 10.1. The number of nitrogens with one attached hydrogen (secondary N) is 1. The highest BCUT2D eigenvalue weighted by molar-refractivity contribution is 6.30. The van der Waals surface area contributed by atoms with E-state index in [1.165, 1.54) is 0 Å². The summed E-state index contributed by atoms with van der Waals surface area (Å²) in [6, 6.07) is 17.6. The molecule has 0 aliphatic carbocycles. The number of carbonyl (C=O) groups is 1. The number of ether oxygens (including phenoxy) is 2. The minimum absolute atomic E-state index is 0.0754. The SMILES string of the molecule is Cc1cc(C)cc(-n2nc(C(=O)NCc3ccc4c(c3)OCO4)c(=O)n(Cc3cccc(Cl)c3)c2=O)c1. The van der Waals surface area contributed by atoms with Gasteiger partial charge in [-0.05, 0) is 72.5 Å². The molecule has 0 fully saturated rings. The van der Waals surface area contributed by atoms with Gasteiger partial charge < -0.3 is 14.8 Å². The van der Waals surface area contributed by atoms with Gasteiger partial charge in [-0.15, -0.1) is 0 Å². The molecule has 0 radical (unpaired) electrons. The highest BCUT2D eigenvalue weighted by atomic mass is 35.5. The molecule has 0 bridgehead atoms. The zero-order valence-electron chi connectivity index (χ0n) is 20.2. The molecule has 1 aliphatic rings. The largest absolute Gasteiger partial charge is 0.454 e. The number of nitrogens with zero attached hydrogens (tertiary/aromatic N) is 3. The van der Waals surface area contributed by atoms with Crippen molar-refractivity contribution in [2.24, 2.45) is 0 Å². The Kier molecular flexibility index (Phi) is 6.54. The van der Waals surface area contributed by atoms with E-state index < -0.39 is 22.9 Å². The third-order valence-corrected chi connectivity index (χ3v) is 6.08. The van der Waals surface area contributed by atoms with Gasteiger partial charge in [-0.3, -0.25) is 14.2 Å². The molecule has 0 spiro atoms. The number of aromatic nitrogens is 3. The number of fused-ring (bicyclic) bond motifs is 1. The van der Waals surface area contributed by atoms with Gasteiger partial charge in [0.1, 0.15) is 0 Å². The van der Waals surface area contributed by atoms with Crippen LogP contribution in [0.25, 0.3) is 5.69 Å². The Balaban J connectivity index is 1.54. The maximum atomic E-state index is 13.4. The standard InChI is InChI=1S/C27H23ClN4O5/c1-16-8-17(2)10-21(9-16)32-27(35)31(14-19-4-3-5-20(28)11-19)26(34)24(30-32)25(33)29-13-18-6-7-22-23(12-18)37-15-36-22/h3-12H,13-15H2,1-2H3,(H,29,33). The van der Waals surface area contributed by atoms with Crippen LogP contribution >= 0.6 is 11.6 Å². The van der Waals surface area contributed by atoms with Gasteiger partial charge in [-0.25, -0.2) is 4.79 Å². The molecule has 1 N–H and O–H groups in total. The van der Waals surface area contributed by atoms with E-state index in [2.05, 4.69) is 10.4 Å². The van der Waals surface area contributed by atoms with Crippen LogP contribution in [-0.4, -0.2) is 27.0 Å². The fourth-order valence-corrected chi connectivity index (χ4v) is 4.39. The number of aryl methyl sites for hydroxylation is 2. The van der Waals surface area contributed by atoms with E-state index in [4.69, 9.17) is 21.1 Å². The number of benzene rings is 3. The van der Waals surface area contributed by atoms with Crippen molar-refractivity contribution in [2.45, 2.75) is 26.9 Å². The van der Waals surface area contributed by atoms with Crippen molar-refractivity contribution in [3.8, 4) is 17.2 Å². The number of hydrogen-bond donors (Lipinski definition) is 1. The summed E-state index contributed by atoms with van der Waals surface area (Å²) < 4.78 is 12.8. The quantitative estimate of drug-likeness (QED) is 0.419. The van der Waals surface area contributed by atoms with Crippen molar-refractivity contribution in [1.29, 1.82) is 0 Å². The molecule has 1 aliphatic heterocycles. The van der Waals surface area contributed by atoms with E-state index >= 15 is 0 Å². The molecule has 37 heavy (non-hydrogen) atoms. The minimum atomic E-state index is -0.797. The van der Waals surface area contributed by atoms with Gasteiger partial charge in [-0.2, -0.15) is 9.78 Å². The fraction of sp³-hybridized carbons (Fsp3) is 0.185. The fourth-order valence-electron chi connectivity index (χ4n) is 4.17. The van der Waals surface area contributed by atoms with Gasteiger partial charge in [0.2, 0.25) is 12.5 Å². The minimum Gasteiger partial charge on any atom is -0.454 e. The van der Waals surface area contributed by atoms with Crippen LogP contribution in [-0.2, 0) is 13.1 Å². The molecule has 188 valence electrons. The smallest absolute Gasteiger partial charge is 0.352 e. The van der Waals surface area contributed by atoms with Gasteiger partial charge in [0.05, 0.1) is 12.2 Å². The molecule has 5 rings (SSSR count). The molecule has 10 heteroatoms. The lowest BCUT2D eigenvalue weighted by molar-refractivity contribution is 0.0941. The molecule has 9 nitrogen and oxygen atoms in total. The third kappa shape index (κ3) is 5.12. The number of halogens is 1. The predicted octanol–water partition coefficient (Wildman–Crippen LogP) is 3.37. The number of hydrogen-bond acceptors (Lipinski definition) is 6. The second kappa shape index (κ2) is 9.94. The maximum Gasteiger partial charge on any atom is 0.352 e. The molecule has 3 aromatic carbocycles. The van der Waals surface area contributed by atoms with Crippen LogP contribution in [0.2, 0.25) is 5.02 Å². The molecular weight excluding hydrogens is 496 g/mol. The molecule has 0 saturated carbocycles. The van der Waals surface area contributed by atoms with Crippen LogP contribution < -0.4 is 26.0 Å². The highest BCUT2D eigenvalue weighted by Gasteiger charge is 2.21. The highest BCUT2D eigenvalue weighted by Crippen LogP contribution is 2.32. The van der Waals surface area contributed by atoms with Crippen molar-refractivity contribution in [3.63, 3.8) is 0 Å². The van der Waals surface area contributed by atoms with Gasteiger partial charge in [0.15, 0.2) is 11.5 Å². The molecule has 1 aromatic heterocycles. The summed E-state index contributed by atoms with van der Waals surface area (Å²) in [6.07, 6.45) is 0. The number of amides is 1. The Morgan fingerprint density at radius 1 is 0.973 bits per heavy atom. The van der Waals surface area contributed by atoms with Crippen molar-refractivity contribution >= 4 is 17.5 Å². The predicted molar refractivity (Wildman–Crippen MR) is 138 cm³/mol. The summed E-state index contributed by atoms with van der Waals surface area (Å²) in [5.41, 5.74) is 1.79.